The van der Waals surface area contributed by atoms with Gasteiger partial charge in [-0.2, -0.15) is 0 Å². The molecule has 0 aliphatic heterocycles. The van der Waals surface area contributed by atoms with Crippen molar-refractivity contribution in [2.75, 3.05) is 0 Å². The highest BCUT2D eigenvalue weighted by Crippen LogP contribution is 2.38. The van der Waals surface area contributed by atoms with Crippen LogP contribution in [0.3, 0.4) is 0 Å². The Kier molecular flexibility index (Phi) is 7.79. The van der Waals surface area contributed by atoms with Gasteiger partial charge in [-0.3, -0.25) is 0 Å². The van der Waals surface area contributed by atoms with Gasteiger partial charge in [0, 0.05) is 12.0 Å². The molecule has 3 heteroatoms. The van der Waals surface area contributed by atoms with E-state index in [9.17, 15) is 0 Å². The predicted octanol–water partition coefficient (Wildman–Crippen LogP) is 8.59. The lowest BCUT2D eigenvalue weighted by molar-refractivity contribution is 0.0818. The molecule has 0 atom stereocenters. The van der Waals surface area contributed by atoms with E-state index in [1.807, 2.05) is 24.3 Å². The van der Waals surface area contributed by atoms with Crippen LogP contribution in [0.25, 0.3) is 0 Å². The van der Waals surface area contributed by atoms with E-state index in [2.05, 4.69) is 60.4 Å². The highest BCUT2D eigenvalue weighted by Gasteiger charge is 2.35. The lowest BCUT2D eigenvalue weighted by Crippen LogP contribution is -2.37. The normalized spacial score (nSPS) is 18.0. The largest absolute Gasteiger partial charge is 0.471 e. The summed E-state index contributed by atoms with van der Waals surface area (Å²) in [6.45, 7) is 0. The zero-order valence-electron chi connectivity index (χ0n) is 20.3. The molecule has 0 unspecified atom stereocenters. The summed E-state index contributed by atoms with van der Waals surface area (Å²) in [5.74, 6) is 7.62. The minimum absolute atomic E-state index is 0.303. The van der Waals surface area contributed by atoms with Gasteiger partial charge in [-0.1, -0.05) is 73.9 Å². The first-order valence-corrected chi connectivity index (χ1v) is 14.3. The number of hydrogen-bond acceptors (Lipinski definition) is 1. The molecule has 2 aliphatic carbocycles. The first-order chi connectivity index (χ1) is 17.2. The highest BCUT2D eigenvalue weighted by atomic mass is 32.2. The Bertz CT molecular complexity index is 1110. The standard InChI is InChI=1S/C32H34FOS/c33-30-20-19-29(35(27-15-7-2-8-16-27)28-17-9-3-10-18-28)25-31(30)34-32(22-11-4-12-23-32)24-21-26-13-5-1-6-14-26/h2-3,7-10,15-20,25-26H,1,4-6,11-14,22-23H2/q+1. The van der Waals surface area contributed by atoms with E-state index in [4.69, 9.17) is 4.74 Å². The second-order valence-corrected chi connectivity index (χ2v) is 11.8. The Labute approximate surface area is 212 Å². The van der Waals surface area contributed by atoms with E-state index in [1.54, 1.807) is 6.07 Å². The second kappa shape index (κ2) is 11.4. The molecule has 0 bridgehead atoms. The van der Waals surface area contributed by atoms with Crippen molar-refractivity contribution in [2.45, 2.75) is 84.5 Å². The predicted molar refractivity (Wildman–Crippen MR) is 142 cm³/mol. The Hall–Kier alpha value is -2.70. The molecule has 2 aliphatic rings. The Morgan fingerprint density at radius 1 is 0.714 bits per heavy atom. The first kappa shape index (κ1) is 24.0. The van der Waals surface area contributed by atoms with Crippen molar-refractivity contribution in [3.8, 4) is 17.6 Å². The molecule has 2 fully saturated rings. The molecule has 35 heavy (non-hydrogen) atoms. The number of rotatable bonds is 5. The van der Waals surface area contributed by atoms with E-state index in [1.165, 1.54) is 48.3 Å². The molecular formula is C32H34FOS+. The zero-order valence-corrected chi connectivity index (χ0v) is 21.2. The van der Waals surface area contributed by atoms with Gasteiger partial charge in [0.1, 0.15) is 0 Å². The van der Waals surface area contributed by atoms with Gasteiger partial charge in [0.25, 0.3) is 0 Å². The van der Waals surface area contributed by atoms with Crippen molar-refractivity contribution < 1.29 is 9.13 Å². The maximum Gasteiger partial charge on any atom is 0.170 e. The Balaban J connectivity index is 1.49. The van der Waals surface area contributed by atoms with Crippen molar-refractivity contribution in [1.29, 1.82) is 0 Å². The van der Waals surface area contributed by atoms with Crippen molar-refractivity contribution >= 4 is 10.9 Å². The van der Waals surface area contributed by atoms with Gasteiger partial charge in [-0.15, -0.1) is 0 Å². The van der Waals surface area contributed by atoms with Crippen LogP contribution < -0.4 is 4.74 Å². The quantitative estimate of drug-likeness (QED) is 0.260. The maximum atomic E-state index is 15.2. The molecule has 0 spiro atoms. The van der Waals surface area contributed by atoms with Crippen LogP contribution in [0.1, 0.15) is 64.2 Å². The number of halogens is 1. The van der Waals surface area contributed by atoms with Crippen molar-refractivity contribution in [1.82, 2.24) is 0 Å². The van der Waals surface area contributed by atoms with Crippen LogP contribution in [0.15, 0.2) is 93.5 Å². The van der Waals surface area contributed by atoms with Crippen LogP contribution in [0.4, 0.5) is 4.39 Å². The number of ether oxygens (including phenoxy) is 1. The second-order valence-electron chi connectivity index (χ2n) is 9.79. The summed E-state index contributed by atoms with van der Waals surface area (Å²) in [6, 6.07) is 26.3. The molecule has 1 nitrogen and oxygen atoms in total. The van der Waals surface area contributed by atoms with Gasteiger partial charge in [0.2, 0.25) is 0 Å². The van der Waals surface area contributed by atoms with Crippen molar-refractivity contribution in [2.24, 2.45) is 5.92 Å². The molecule has 0 saturated heterocycles. The van der Waals surface area contributed by atoms with Crippen LogP contribution in [0.2, 0.25) is 0 Å². The Morgan fingerprint density at radius 2 is 1.31 bits per heavy atom. The average Bonchev–Trinajstić information content (AvgIpc) is 2.92. The third-order valence-corrected chi connectivity index (χ3v) is 9.38. The molecule has 2 saturated carbocycles. The molecular weight excluding hydrogens is 451 g/mol. The van der Waals surface area contributed by atoms with Gasteiger partial charge in [-0.05, 0) is 74.9 Å². The summed E-state index contributed by atoms with van der Waals surface area (Å²) in [6.07, 6.45) is 11.3. The molecule has 3 aromatic carbocycles. The molecule has 0 N–H and O–H groups in total. The Morgan fingerprint density at radius 3 is 1.94 bits per heavy atom. The number of benzene rings is 3. The van der Waals surface area contributed by atoms with E-state index in [0.29, 0.717) is 11.7 Å². The summed E-state index contributed by atoms with van der Waals surface area (Å²) >= 11 is 0. The summed E-state index contributed by atoms with van der Waals surface area (Å²) in [7, 11) is -0.344. The van der Waals surface area contributed by atoms with Crippen molar-refractivity contribution in [3.05, 3.63) is 84.7 Å². The number of hydrogen-bond donors (Lipinski definition) is 0. The minimum atomic E-state index is -0.576. The third kappa shape index (κ3) is 5.93. The van der Waals surface area contributed by atoms with Crippen molar-refractivity contribution in [3.63, 3.8) is 0 Å². The van der Waals surface area contributed by atoms with Crippen LogP contribution >= 0.6 is 0 Å². The van der Waals surface area contributed by atoms with Gasteiger partial charge in [-0.25, -0.2) is 4.39 Å². The van der Waals surface area contributed by atoms with Gasteiger partial charge in [0.15, 0.2) is 31.9 Å². The molecule has 3 aromatic rings. The smallest absolute Gasteiger partial charge is 0.170 e. The summed E-state index contributed by atoms with van der Waals surface area (Å²) < 4.78 is 21.8. The lowest BCUT2D eigenvalue weighted by atomic mass is 9.83. The first-order valence-electron chi connectivity index (χ1n) is 13.1. The van der Waals surface area contributed by atoms with Gasteiger partial charge >= 0.3 is 0 Å². The third-order valence-electron chi connectivity index (χ3n) is 7.17. The fourth-order valence-corrected chi connectivity index (χ4v) is 7.38. The highest BCUT2D eigenvalue weighted by molar-refractivity contribution is 7.97. The summed E-state index contributed by atoms with van der Waals surface area (Å²) in [5.41, 5.74) is -0.576. The van der Waals surface area contributed by atoms with Crippen LogP contribution in [-0.2, 0) is 10.9 Å². The topological polar surface area (TPSA) is 9.23 Å². The van der Waals surface area contributed by atoms with E-state index >= 15 is 4.39 Å². The van der Waals surface area contributed by atoms with Gasteiger partial charge in [0.05, 0.1) is 10.9 Å². The minimum Gasteiger partial charge on any atom is -0.471 e. The molecule has 5 rings (SSSR count). The van der Waals surface area contributed by atoms with E-state index in [0.717, 1.165) is 30.6 Å². The SMILES string of the molecule is Fc1ccc([S+](c2ccccc2)c2ccccc2)cc1OC1(C#CC2CCCCC2)CCCCC1. The van der Waals surface area contributed by atoms with Crippen LogP contribution in [0, 0.1) is 23.6 Å². The average molecular weight is 486 g/mol. The van der Waals surface area contributed by atoms with Gasteiger partial charge < -0.3 is 4.74 Å². The van der Waals surface area contributed by atoms with Crippen LogP contribution in [0.5, 0.6) is 5.75 Å². The van der Waals surface area contributed by atoms with E-state index < -0.39 is 5.60 Å². The molecule has 0 amide bonds. The zero-order chi connectivity index (χ0) is 23.9. The molecule has 0 aromatic heterocycles. The fraction of sp³-hybridized carbons (Fsp3) is 0.375. The fourth-order valence-electron chi connectivity index (χ4n) is 5.28. The molecule has 0 heterocycles. The maximum absolute atomic E-state index is 15.2. The summed E-state index contributed by atoms with van der Waals surface area (Å²) in [5, 5.41) is 0. The lowest BCUT2D eigenvalue weighted by Gasteiger charge is -2.33. The summed E-state index contributed by atoms with van der Waals surface area (Å²) in [4.78, 5) is 3.48. The van der Waals surface area contributed by atoms with Crippen LogP contribution in [-0.4, -0.2) is 5.60 Å². The molecule has 180 valence electrons. The van der Waals surface area contributed by atoms with E-state index in [-0.39, 0.29) is 16.7 Å². The monoisotopic (exact) mass is 485 g/mol. The molecule has 0 radical (unpaired) electrons.